The van der Waals surface area contributed by atoms with Crippen LogP contribution in [0.3, 0.4) is 0 Å². The molecule has 1 heterocycles. The van der Waals surface area contributed by atoms with E-state index < -0.39 is 0 Å². The van der Waals surface area contributed by atoms with Gasteiger partial charge in [0.2, 0.25) is 5.16 Å². The van der Waals surface area contributed by atoms with Gasteiger partial charge >= 0.3 is 0 Å². The van der Waals surface area contributed by atoms with Crippen molar-refractivity contribution in [1.29, 1.82) is 0 Å². The summed E-state index contributed by atoms with van der Waals surface area (Å²) < 4.78 is 1.58. The third kappa shape index (κ3) is 3.44. The minimum absolute atomic E-state index is 0.691. The molecule has 3 aromatic rings. The van der Waals surface area contributed by atoms with Gasteiger partial charge in [0, 0.05) is 12.2 Å². The van der Waals surface area contributed by atoms with Crippen LogP contribution >= 0.6 is 11.8 Å². The quantitative estimate of drug-likeness (QED) is 0.581. The second-order valence-corrected chi connectivity index (χ2v) is 5.65. The van der Waals surface area contributed by atoms with E-state index in [2.05, 4.69) is 34.5 Å². The first kappa shape index (κ1) is 13.7. The number of aromatic nitrogens is 3. The summed E-state index contributed by atoms with van der Waals surface area (Å²) in [7, 11) is 0. The molecule has 106 valence electrons. The van der Waals surface area contributed by atoms with E-state index in [9.17, 15) is 0 Å². The summed E-state index contributed by atoms with van der Waals surface area (Å²) >= 11 is 1.60. The molecule has 5 heteroatoms. The van der Waals surface area contributed by atoms with Crippen molar-refractivity contribution >= 4 is 11.8 Å². The Morgan fingerprint density at radius 1 is 0.857 bits per heavy atom. The maximum Gasteiger partial charge on any atom is 0.210 e. The lowest BCUT2D eigenvalue weighted by Gasteiger charge is -2.04. The van der Waals surface area contributed by atoms with E-state index in [1.807, 2.05) is 36.4 Å². The molecule has 0 fully saturated rings. The zero-order chi connectivity index (χ0) is 14.5. The van der Waals surface area contributed by atoms with Gasteiger partial charge in [-0.1, -0.05) is 72.4 Å². The Hall–Kier alpha value is -2.27. The normalized spacial score (nSPS) is 10.7. The topological polar surface area (TPSA) is 56.7 Å². The van der Waals surface area contributed by atoms with Crippen molar-refractivity contribution < 1.29 is 0 Å². The monoisotopic (exact) mass is 296 g/mol. The number of rotatable bonds is 5. The first-order valence-electron chi connectivity index (χ1n) is 6.73. The van der Waals surface area contributed by atoms with Crippen LogP contribution in [0.4, 0.5) is 0 Å². The Morgan fingerprint density at radius 3 is 2.14 bits per heavy atom. The lowest BCUT2D eigenvalue weighted by molar-refractivity contribution is 0.805. The minimum atomic E-state index is 0.691. The molecule has 3 rings (SSSR count). The van der Waals surface area contributed by atoms with Crippen molar-refractivity contribution in [2.45, 2.75) is 17.3 Å². The van der Waals surface area contributed by atoms with Gasteiger partial charge in [-0.3, -0.25) is 0 Å². The average Bonchev–Trinajstić information content (AvgIpc) is 2.88. The number of nitrogens with zero attached hydrogens (tertiary/aromatic N) is 3. The Bertz CT molecular complexity index is 695. The fraction of sp³-hybridized carbons (Fsp3) is 0.125. The molecule has 0 atom stereocenters. The van der Waals surface area contributed by atoms with Crippen LogP contribution in [0.2, 0.25) is 0 Å². The molecule has 0 aliphatic rings. The van der Waals surface area contributed by atoms with Gasteiger partial charge in [0.05, 0.1) is 0 Å². The lowest BCUT2D eigenvalue weighted by atomic mass is 10.1. The molecule has 0 aliphatic heterocycles. The molecule has 0 saturated carbocycles. The second kappa shape index (κ2) is 6.45. The number of nitrogen functional groups attached to an aromatic ring is 1. The average molecular weight is 296 g/mol. The van der Waals surface area contributed by atoms with E-state index in [1.54, 1.807) is 16.4 Å². The number of hydrogen-bond acceptors (Lipinski definition) is 4. The Balaban J connectivity index is 1.68. The summed E-state index contributed by atoms with van der Waals surface area (Å²) in [6.07, 6.45) is 0.691. The summed E-state index contributed by atoms with van der Waals surface area (Å²) in [6.45, 7) is 0. The zero-order valence-corrected chi connectivity index (χ0v) is 12.3. The van der Waals surface area contributed by atoms with Gasteiger partial charge in [0.25, 0.3) is 0 Å². The first-order chi connectivity index (χ1) is 10.3. The molecule has 0 aliphatic carbocycles. The zero-order valence-electron chi connectivity index (χ0n) is 11.5. The minimum Gasteiger partial charge on any atom is -0.336 e. The highest BCUT2D eigenvalue weighted by Crippen LogP contribution is 2.20. The fourth-order valence-electron chi connectivity index (χ4n) is 2.03. The van der Waals surface area contributed by atoms with Crippen LogP contribution in [-0.2, 0) is 12.2 Å². The van der Waals surface area contributed by atoms with Gasteiger partial charge in [-0.2, -0.15) is 0 Å². The van der Waals surface area contributed by atoms with E-state index in [-0.39, 0.29) is 0 Å². The Labute approximate surface area is 128 Å². The van der Waals surface area contributed by atoms with Crippen molar-refractivity contribution in [2.24, 2.45) is 0 Å². The third-order valence-corrected chi connectivity index (χ3v) is 4.17. The van der Waals surface area contributed by atoms with Crippen molar-refractivity contribution in [3.05, 3.63) is 77.6 Å². The highest BCUT2D eigenvalue weighted by molar-refractivity contribution is 7.98. The predicted octanol–water partition coefficient (Wildman–Crippen LogP) is 2.88. The molecule has 2 N–H and O–H groups in total. The fourth-order valence-corrected chi connectivity index (χ4v) is 2.86. The van der Waals surface area contributed by atoms with Crippen LogP contribution in [0.5, 0.6) is 0 Å². The van der Waals surface area contributed by atoms with Crippen LogP contribution in [-0.4, -0.2) is 14.9 Å². The molecule has 2 aromatic carbocycles. The standard InChI is InChI=1S/C16H16N4S/c17-20-15(11-13-7-3-1-4-8-13)18-19-16(20)21-12-14-9-5-2-6-10-14/h1-10H,11-12,17H2. The van der Waals surface area contributed by atoms with E-state index in [4.69, 9.17) is 5.84 Å². The Kier molecular flexibility index (Phi) is 4.21. The maximum atomic E-state index is 6.09. The van der Waals surface area contributed by atoms with Crippen molar-refractivity contribution in [2.75, 3.05) is 5.84 Å². The predicted molar refractivity (Wildman–Crippen MR) is 85.4 cm³/mol. The third-order valence-electron chi connectivity index (χ3n) is 3.15. The summed E-state index contributed by atoms with van der Waals surface area (Å²) in [6, 6.07) is 20.4. The molecular weight excluding hydrogens is 280 g/mol. The van der Waals surface area contributed by atoms with Crippen molar-refractivity contribution in [3.63, 3.8) is 0 Å². The maximum absolute atomic E-state index is 6.09. The second-order valence-electron chi connectivity index (χ2n) is 4.71. The molecule has 0 unspecified atom stereocenters. The number of thioether (sulfide) groups is 1. The van der Waals surface area contributed by atoms with Gasteiger partial charge in [-0.15, -0.1) is 10.2 Å². The molecule has 0 radical (unpaired) electrons. The van der Waals surface area contributed by atoms with Crippen LogP contribution < -0.4 is 5.84 Å². The van der Waals surface area contributed by atoms with Gasteiger partial charge in [0.1, 0.15) is 0 Å². The molecule has 0 bridgehead atoms. The first-order valence-corrected chi connectivity index (χ1v) is 7.71. The van der Waals surface area contributed by atoms with E-state index in [1.165, 1.54) is 11.1 Å². The summed E-state index contributed by atoms with van der Waals surface area (Å²) in [5.74, 6) is 7.70. The smallest absolute Gasteiger partial charge is 0.210 e. The largest absolute Gasteiger partial charge is 0.336 e. The van der Waals surface area contributed by atoms with Gasteiger partial charge < -0.3 is 5.84 Å². The van der Waals surface area contributed by atoms with Gasteiger partial charge in [-0.25, -0.2) is 4.68 Å². The van der Waals surface area contributed by atoms with Crippen LogP contribution in [0.25, 0.3) is 0 Å². The molecule has 1 aromatic heterocycles. The highest BCUT2D eigenvalue weighted by Gasteiger charge is 2.10. The number of nitrogens with two attached hydrogens (primary N) is 1. The summed E-state index contributed by atoms with van der Waals surface area (Å²) in [4.78, 5) is 0. The van der Waals surface area contributed by atoms with Crippen molar-refractivity contribution in [3.8, 4) is 0 Å². The van der Waals surface area contributed by atoms with Crippen LogP contribution in [0, 0.1) is 0 Å². The van der Waals surface area contributed by atoms with E-state index in [0.29, 0.717) is 6.42 Å². The van der Waals surface area contributed by atoms with E-state index in [0.717, 1.165) is 16.7 Å². The molecular formula is C16H16N4S. The molecule has 4 nitrogen and oxygen atoms in total. The van der Waals surface area contributed by atoms with Gasteiger partial charge in [-0.05, 0) is 11.1 Å². The lowest BCUT2D eigenvalue weighted by Crippen LogP contribution is -2.14. The van der Waals surface area contributed by atoms with Crippen LogP contribution in [0.15, 0.2) is 65.8 Å². The molecule has 0 saturated heterocycles. The SMILES string of the molecule is Nn1c(Cc2ccccc2)nnc1SCc1ccccc1. The molecule has 0 amide bonds. The number of benzene rings is 2. The summed E-state index contributed by atoms with van der Waals surface area (Å²) in [5, 5.41) is 9.11. The highest BCUT2D eigenvalue weighted by atomic mass is 32.2. The summed E-state index contributed by atoms with van der Waals surface area (Å²) in [5.41, 5.74) is 2.42. The van der Waals surface area contributed by atoms with Crippen molar-refractivity contribution in [1.82, 2.24) is 14.9 Å². The Morgan fingerprint density at radius 2 is 1.48 bits per heavy atom. The molecule has 0 spiro atoms. The van der Waals surface area contributed by atoms with Crippen LogP contribution in [0.1, 0.15) is 17.0 Å². The molecule has 21 heavy (non-hydrogen) atoms. The van der Waals surface area contributed by atoms with Gasteiger partial charge in [0.15, 0.2) is 5.82 Å². The van der Waals surface area contributed by atoms with E-state index >= 15 is 0 Å². The number of hydrogen-bond donors (Lipinski definition) is 1.